The van der Waals surface area contributed by atoms with Crippen molar-refractivity contribution < 1.29 is 37.3 Å². The van der Waals surface area contributed by atoms with E-state index < -0.39 is 35.1 Å². The largest absolute Gasteiger partial charge is 0.508 e. The molecule has 3 unspecified atom stereocenters. The minimum Gasteiger partial charge on any atom is -0.508 e. The predicted octanol–water partition coefficient (Wildman–Crippen LogP) is 5.37. The van der Waals surface area contributed by atoms with E-state index in [1.165, 1.54) is 46.6 Å². The minimum atomic E-state index is -0.876. The number of likely N-dealkylation sites (tertiary alicyclic amines) is 2. The highest BCUT2D eigenvalue weighted by Gasteiger charge is 2.38. The van der Waals surface area contributed by atoms with Crippen LogP contribution >= 0.6 is 0 Å². The zero-order valence-electron chi connectivity index (χ0n) is 42.0. The second-order valence-corrected chi connectivity index (χ2v) is 21.5. The van der Waals surface area contributed by atoms with Gasteiger partial charge in [-0.25, -0.2) is 18.0 Å². The summed E-state index contributed by atoms with van der Waals surface area (Å²) in [5.41, 5.74) is 0.395. The molecule has 6 aliphatic heterocycles. The van der Waals surface area contributed by atoms with Crippen molar-refractivity contribution >= 4 is 56.0 Å². The van der Waals surface area contributed by atoms with Gasteiger partial charge in [-0.2, -0.15) is 9.97 Å². The van der Waals surface area contributed by atoms with Crippen molar-refractivity contribution in [1.82, 2.24) is 44.5 Å². The summed E-state index contributed by atoms with van der Waals surface area (Å²) in [6.07, 6.45) is 14.2. The van der Waals surface area contributed by atoms with Crippen LogP contribution in [0.4, 0.5) is 24.7 Å². The number of carbonyl (C=O) groups is 2. The number of piperazine rings is 1. The third kappa shape index (κ3) is 9.10. The lowest BCUT2D eigenvalue weighted by Gasteiger charge is -2.38. The summed E-state index contributed by atoms with van der Waals surface area (Å²) in [5, 5.41) is 17.8. The monoisotopic (exact) mass is 1030 g/mol. The van der Waals surface area contributed by atoms with Gasteiger partial charge in [0.05, 0.1) is 34.4 Å². The van der Waals surface area contributed by atoms with Gasteiger partial charge in [0.2, 0.25) is 11.8 Å². The average molecular weight is 1030 g/mol. The summed E-state index contributed by atoms with van der Waals surface area (Å²) in [5.74, 6) is 0.424. The van der Waals surface area contributed by atoms with Crippen molar-refractivity contribution in [2.75, 3.05) is 75.8 Å². The molecule has 6 aromatic rings. The van der Waals surface area contributed by atoms with Crippen molar-refractivity contribution in [1.29, 1.82) is 0 Å². The smallest absolute Gasteiger partial charge is 0.329 e. The maximum Gasteiger partial charge on any atom is 0.329 e. The van der Waals surface area contributed by atoms with Crippen LogP contribution < -0.4 is 30.9 Å². The number of aromatic hydroxyl groups is 1. The molecular weight excluding hydrogens is 968 g/mol. The number of rotatable bonds is 11. The van der Waals surface area contributed by atoms with E-state index in [1.807, 2.05) is 4.90 Å². The number of carbonyl (C=O) groups excluding carboxylic acids is 2. The molecule has 3 aromatic carbocycles. The first kappa shape index (κ1) is 49.1. The number of aromatic nitrogens is 5. The van der Waals surface area contributed by atoms with Gasteiger partial charge in [0.25, 0.3) is 0 Å². The Morgan fingerprint density at radius 2 is 1.64 bits per heavy atom. The minimum absolute atomic E-state index is 0.000157. The first-order chi connectivity index (χ1) is 36.3. The van der Waals surface area contributed by atoms with Gasteiger partial charge in [-0.15, -0.1) is 6.42 Å². The van der Waals surface area contributed by atoms with Gasteiger partial charge in [-0.1, -0.05) is 12.0 Å². The maximum absolute atomic E-state index is 17.1. The topological polar surface area (TPSA) is 175 Å². The molecule has 0 saturated carbocycles. The number of halogens is 3. The van der Waals surface area contributed by atoms with Gasteiger partial charge in [-0.05, 0) is 100 Å². The third-order valence-electron chi connectivity index (χ3n) is 16.7. The lowest BCUT2D eigenvalue weighted by Crippen LogP contribution is -2.51. The van der Waals surface area contributed by atoms with Gasteiger partial charge < -0.3 is 34.6 Å². The molecule has 6 aliphatic rings. The zero-order chi connectivity index (χ0) is 51.8. The molecule has 3 aromatic heterocycles. The third-order valence-corrected chi connectivity index (χ3v) is 16.7. The number of imide groups is 1. The Balaban J connectivity index is 0.670. The summed E-state index contributed by atoms with van der Waals surface area (Å²) in [4.78, 5) is 60.8. The molecule has 0 aliphatic carbocycles. The highest BCUT2D eigenvalue weighted by atomic mass is 19.1. The van der Waals surface area contributed by atoms with Crippen LogP contribution in [0.2, 0.25) is 0 Å². The first-order valence-corrected chi connectivity index (χ1v) is 26.3. The van der Waals surface area contributed by atoms with Crippen LogP contribution in [0.5, 0.6) is 11.8 Å². The lowest BCUT2D eigenvalue weighted by molar-refractivity contribution is -0.135. The Labute approximate surface area is 431 Å². The lowest BCUT2D eigenvalue weighted by atomic mass is 9.94. The van der Waals surface area contributed by atoms with Crippen LogP contribution in [-0.4, -0.2) is 147 Å². The second-order valence-electron chi connectivity index (χ2n) is 21.5. The zero-order valence-corrected chi connectivity index (χ0v) is 42.0. The molecule has 17 nitrogen and oxygen atoms in total. The molecule has 6 fully saturated rings. The number of likely N-dealkylation sites (N-methyl/N-ethyl adjacent to an activating group) is 1. The summed E-state index contributed by atoms with van der Waals surface area (Å²) < 4.78 is 64.2. The number of fused-ring (bicyclic) bond motifs is 5. The number of aryl methyl sites for hydroxylation is 1. The van der Waals surface area contributed by atoms with Crippen LogP contribution in [-0.2, 0) is 21.4 Å². The average Bonchev–Trinajstić information content (AvgIpc) is 4.02. The quantitative estimate of drug-likeness (QED) is 0.112. The Kier molecular flexibility index (Phi) is 12.9. The molecule has 2 bridgehead atoms. The Hall–Kier alpha value is -6.79. The summed E-state index contributed by atoms with van der Waals surface area (Å²) in [6, 6.07) is 8.62. The molecule has 20 heteroatoms. The summed E-state index contributed by atoms with van der Waals surface area (Å²) >= 11 is 0. The number of pyridine rings is 1. The normalized spacial score (nSPS) is 24.2. The highest BCUT2D eigenvalue weighted by molar-refractivity contribution is 6.03. The van der Waals surface area contributed by atoms with Gasteiger partial charge in [0, 0.05) is 101 Å². The molecule has 9 heterocycles. The van der Waals surface area contributed by atoms with E-state index in [9.17, 15) is 19.5 Å². The number of anilines is 2. The Morgan fingerprint density at radius 3 is 2.39 bits per heavy atom. The molecule has 2 amide bonds. The molecule has 0 spiro atoms. The highest BCUT2D eigenvalue weighted by Crippen LogP contribution is 2.40. The number of phenolic OH excluding ortho intramolecular Hbond substituents is 1. The first-order valence-electron chi connectivity index (χ1n) is 26.3. The van der Waals surface area contributed by atoms with Gasteiger partial charge in [0.1, 0.15) is 46.8 Å². The molecule has 5 atom stereocenters. The number of terminal acetylenes is 1. The fourth-order valence-electron chi connectivity index (χ4n) is 12.8. The number of benzene rings is 3. The fourth-order valence-corrected chi connectivity index (χ4v) is 12.8. The standard InChI is InChI=1S/C55H60F3N11O6/c1-4-38-41(56)8-5-31-21-35(70)23-39(46(31)38)49-48(58)50-40(24-59-49)52(68-26-32-6-7-33(27-68)60-32)63-54(62-50)74-29-34-22-37(28-64(34)2)75-36-15-17-66(18-16-36)25-30-13-19-67(20-14-30)42-9-10-43-51(47(42)57)65(3)55(73)69(43)44-11-12-45(71)61-53(44)72/h1,5,8-10,21,23-24,30,32-34,36-37,44,60,70H,6-7,11-20,22,25-29H2,2-3H3,(H,61,71,72)/t32?,33?,34-,37+,44?/m0/s1. The number of ether oxygens (including phenoxy) is 2. The SMILES string of the molecule is C#Cc1c(F)ccc2cc(O)cc(-c3ncc4c(N5CC6CCC(C5)N6)nc(OC[C@@H]5C[C@@H](OC6CCN(CC7CCN(c8ccc9c(c8F)n(C)c(=O)n9C8CCC(=O)NC8=O)CC7)CC6)CN5C)nc4c3F)c12. The van der Waals surface area contributed by atoms with Crippen molar-refractivity contribution in [2.45, 2.75) is 94.2 Å². The number of hydrogen-bond acceptors (Lipinski definition) is 14. The van der Waals surface area contributed by atoms with E-state index in [0.29, 0.717) is 59.9 Å². The number of phenols is 1. The van der Waals surface area contributed by atoms with Crippen LogP contribution in [0.1, 0.15) is 69.4 Å². The van der Waals surface area contributed by atoms with E-state index in [4.69, 9.17) is 20.9 Å². The molecule has 392 valence electrons. The molecule has 3 N–H and O–H groups in total. The van der Waals surface area contributed by atoms with Crippen LogP contribution in [0.15, 0.2) is 47.4 Å². The molecular formula is C55H60F3N11O6. The molecule has 6 saturated heterocycles. The van der Waals surface area contributed by atoms with Crippen molar-refractivity contribution in [3.63, 3.8) is 0 Å². The van der Waals surface area contributed by atoms with Crippen LogP contribution in [0.25, 0.3) is 44.0 Å². The molecule has 75 heavy (non-hydrogen) atoms. The van der Waals surface area contributed by atoms with Crippen molar-refractivity contribution in [3.8, 4) is 35.4 Å². The molecule has 12 rings (SSSR count). The summed E-state index contributed by atoms with van der Waals surface area (Å²) in [6.45, 7) is 6.53. The van der Waals surface area contributed by atoms with E-state index in [1.54, 1.807) is 12.1 Å². The van der Waals surface area contributed by atoms with E-state index in [0.717, 1.165) is 71.1 Å². The van der Waals surface area contributed by atoms with Crippen LogP contribution in [0, 0.1) is 35.7 Å². The van der Waals surface area contributed by atoms with E-state index in [-0.39, 0.29) is 101 Å². The fraction of sp³-hybridized carbons (Fsp3) is 0.491. The number of piperidine rings is 3. The number of imidazole rings is 1. The van der Waals surface area contributed by atoms with Crippen LogP contribution in [0.3, 0.4) is 0 Å². The van der Waals surface area contributed by atoms with E-state index >= 15 is 13.2 Å². The Morgan fingerprint density at radius 1 is 0.867 bits per heavy atom. The number of hydrogen-bond donors (Lipinski definition) is 3. The predicted molar refractivity (Wildman–Crippen MR) is 276 cm³/mol. The van der Waals surface area contributed by atoms with Gasteiger partial charge in [0.15, 0.2) is 11.6 Å². The second kappa shape index (κ2) is 19.7. The van der Waals surface area contributed by atoms with Crippen molar-refractivity contribution in [2.24, 2.45) is 13.0 Å². The number of nitrogens with one attached hydrogen (secondary N) is 2. The van der Waals surface area contributed by atoms with E-state index in [2.05, 4.69) is 48.3 Å². The number of amides is 2. The number of nitrogens with zero attached hydrogens (tertiary/aromatic N) is 9. The Bertz CT molecular complexity index is 3350. The maximum atomic E-state index is 17.1. The van der Waals surface area contributed by atoms with Gasteiger partial charge in [-0.3, -0.25) is 33.9 Å². The van der Waals surface area contributed by atoms with Gasteiger partial charge >= 0.3 is 11.7 Å². The van der Waals surface area contributed by atoms with Crippen molar-refractivity contribution in [3.05, 3.63) is 76.1 Å². The molecule has 0 radical (unpaired) electrons. The summed E-state index contributed by atoms with van der Waals surface area (Å²) in [7, 11) is 3.56.